The molecule has 0 heterocycles. The normalized spacial score (nSPS) is 11.2. The Morgan fingerprint density at radius 2 is 1.75 bits per heavy atom. The van der Waals surface area contributed by atoms with Gasteiger partial charge in [0.15, 0.2) is 0 Å². The largest absolute Gasteiger partial charge is 0.481 e. The summed E-state index contributed by atoms with van der Waals surface area (Å²) in [7, 11) is 0. The molecule has 0 radical (unpaired) electrons. The van der Waals surface area contributed by atoms with Crippen molar-refractivity contribution in [3.05, 3.63) is 35.4 Å². The number of amides is 1. The van der Waals surface area contributed by atoms with E-state index in [2.05, 4.69) is 5.32 Å². The van der Waals surface area contributed by atoms with Crippen molar-refractivity contribution in [3.8, 4) is 0 Å². The molecule has 1 aromatic rings. The first-order chi connectivity index (χ1) is 9.28. The third-order valence-electron chi connectivity index (χ3n) is 2.54. The van der Waals surface area contributed by atoms with Crippen LogP contribution in [0.25, 0.3) is 0 Å². The van der Waals surface area contributed by atoms with Crippen molar-refractivity contribution in [2.24, 2.45) is 0 Å². The molecule has 0 aliphatic heterocycles. The second kappa shape index (κ2) is 6.93. The van der Waals surface area contributed by atoms with E-state index in [9.17, 15) is 22.8 Å². The number of hydrogen-bond acceptors (Lipinski definition) is 2. The molecule has 7 heteroatoms. The van der Waals surface area contributed by atoms with Crippen molar-refractivity contribution >= 4 is 11.9 Å². The topological polar surface area (TPSA) is 66.4 Å². The summed E-state index contributed by atoms with van der Waals surface area (Å²) in [5.41, 5.74) is 0.774. The van der Waals surface area contributed by atoms with Gasteiger partial charge in [-0.15, -0.1) is 0 Å². The number of rotatable bonds is 6. The minimum Gasteiger partial charge on any atom is -0.481 e. The van der Waals surface area contributed by atoms with E-state index in [-0.39, 0.29) is 24.9 Å². The van der Waals surface area contributed by atoms with Gasteiger partial charge < -0.3 is 10.4 Å². The lowest BCUT2D eigenvalue weighted by Crippen LogP contribution is -2.25. The van der Waals surface area contributed by atoms with Crippen LogP contribution in [0.1, 0.15) is 28.8 Å². The lowest BCUT2D eigenvalue weighted by Gasteiger charge is -2.07. The van der Waals surface area contributed by atoms with E-state index >= 15 is 0 Å². The molecule has 0 unspecified atom stereocenters. The maximum absolute atomic E-state index is 12.0. The summed E-state index contributed by atoms with van der Waals surface area (Å²) >= 11 is 0. The highest BCUT2D eigenvalue weighted by Gasteiger charge is 2.26. The fraction of sp³-hybridized carbons (Fsp3) is 0.385. The summed E-state index contributed by atoms with van der Waals surface area (Å²) in [5, 5.41) is 10.8. The number of carboxylic acid groups (broad SMARTS) is 1. The van der Waals surface area contributed by atoms with Gasteiger partial charge in [0.2, 0.25) is 0 Å². The fourth-order valence-electron chi connectivity index (χ4n) is 1.49. The van der Waals surface area contributed by atoms with E-state index in [1.807, 2.05) is 0 Å². The Morgan fingerprint density at radius 3 is 2.25 bits per heavy atom. The monoisotopic (exact) mass is 289 g/mol. The highest BCUT2D eigenvalue weighted by atomic mass is 19.4. The molecule has 1 aromatic carbocycles. The molecule has 0 saturated carbocycles. The van der Waals surface area contributed by atoms with Crippen LogP contribution in [0.2, 0.25) is 0 Å². The van der Waals surface area contributed by atoms with Crippen LogP contribution in [-0.2, 0) is 11.2 Å². The second-order valence-electron chi connectivity index (χ2n) is 4.21. The number of halogens is 3. The maximum Gasteiger partial charge on any atom is 0.389 e. The minimum absolute atomic E-state index is 0.00396. The molecule has 0 atom stereocenters. The summed E-state index contributed by atoms with van der Waals surface area (Å²) in [6.45, 7) is 0.00396. The summed E-state index contributed by atoms with van der Waals surface area (Å²) in [4.78, 5) is 21.8. The van der Waals surface area contributed by atoms with Crippen molar-refractivity contribution in [2.75, 3.05) is 6.54 Å². The maximum atomic E-state index is 12.0. The number of carbonyl (C=O) groups excluding carboxylic acids is 1. The molecule has 20 heavy (non-hydrogen) atoms. The molecular formula is C13H14F3NO3. The van der Waals surface area contributed by atoms with Crippen LogP contribution in [0.4, 0.5) is 13.2 Å². The lowest BCUT2D eigenvalue weighted by molar-refractivity contribution is -0.137. The van der Waals surface area contributed by atoms with Gasteiger partial charge in [-0.2, -0.15) is 13.2 Å². The molecule has 0 spiro atoms. The van der Waals surface area contributed by atoms with Crippen LogP contribution in [0.5, 0.6) is 0 Å². The van der Waals surface area contributed by atoms with Gasteiger partial charge >= 0.3 is 12.1 Å². The van der Waals surface area contributed by atoms with Crippen LogP contribution in [-0.4, -0.2) is 29.7 Å². The summed E-state index contributed by atoms with van der Waals surface area (Å²) in [6.07, 6.45) is -5.43. The second-order valence-corrected chi connectivity index (χ2v) is 4.21. The van der Waals surface area contributed by atoms with Gasteiger partial charge in [-0.05, 0) is 24.1 Å². The van der Waals surface area contributed by atoms with Crippen molar-refractivity contribution in [2.45, 2.75) is 25.4 Å². The molecule has 0 aliphatic carbocycles. The number of aliphatic carboxylic acids is 1. The van der Waals surface area contributed by atoms with Crippen molar-refractivity contribution in [3.63, 3.8) is 0 Å². The molecule has 2 N–H and O–H groups in total. The summed E-state index contributed by atoms with van der Waals surface area (Å²) in [5.74, 6) is -1.47. The van der Waals surface area contributed by atoms with Gasteiger partial charge in [0.05, 0.1) is 6.42 Å². The predicted molar refractivity (Wildman–Crippen MR) is 65.4 cm³/mol. The van der Waals surface area contributed by atoms with Crippen molar-refractivity contribution in [1.29, 1.82) is 0 Å². The first-order valence-corrected chi connectivity index (χ1v) is 5.93. The number of carboxylic acids is 1. The van der Waals surface area contributed by atoms with Gasteiger partial charge in [-0.1, -0.05) is 12.1 Å². The zero-order valence-corrected chi connectivity index (χ0v) is 10.5. The molecule has 0 fully saturated rings. The number of carbonyl (C=O) groups is 2. The average Bonchev–Trinajstić information content (AvgIpc) is 2.35. The first kappa shape index (κ1) is 16.0. The number of hydrogen-bond donors (Lipinski definition) is 2. The van der Waals surface area contributed by atoms with Gasteiger partial charge in [-0.3, -0.25) is 9.59 Å². The van der Waals surface area contributed by atoms with Crippen LogP contribution < -0.4 is 5.32 Å². The SMILES string of the molecule is O=C(O)CCNC(=O)c1ccc(CCC(F)(F)F)cc1. The Hall–Kier alpha value is -2.05. The highest BCUT2D eigenvalue weighted by Crippen LogP contribution is 2.22. The average molecular weight is 289 g/mol. The van der Waals surface area contributed by atoms with Crippen LogP contribution in [0.15, 0.2) is 24.3 Å². The molecule has 4 nitrogen and oxygen atoms in total. The van der Waals surface area contributed by atoms with Gasteiger partial charge in [0.25, 0.3) is 5.91 Å². The molecular weight excluding hydrogens is 275 g/mol. The zero-order valence-electron chi connectivity index (χ0n) is 10.5. The number of nitrogens with one attached hydrogen (secondary N) is 1. The van der Waals surface area contributed by atoms with E-state index in [1.54, 1.807) is 0 Å². The molecule has 1 rings (SSSR count). The summed E-state index contributed by atoms with van der Waals surface area (Å²) in [6, 6.07) is 5.75. The zero-order chi connectivity index (χ0) is 15.2. The lowest BCUT2D eigenvalue weighted by atomic mass is 10.1. The van der Waals surface area contributed by atoms with E-state index in [4.69, 9.17) is 5.11 Å². The Bertz CT molecular complexity index is 469. The van der Waals surface area contributed by atoms with E-state index in [0.29, 0.717) is 5.56 Å². The smallest absolute Gasteiger partial charge is 0.389 e. The van der Waals surface area contributed by atoms with Gasteiger partial charge in [-0.25, -0.2) is 0 Å². The quantitative estimate of drug-likeness (QED) is 0.845. The molecule has 110 valence electrons. The van der Waals surface area contributed by atoms with Crippen LogP contribution >= 0.6 is 0 Å². The molecule has 0 aromatic heterocycles. The Labute approximate surface area is 113 Å². The highest BCUT2D eigenvalue weighted by molar-refractivity contribution is 5.94. The van der Waals surface area contributed by atoms with Crippen molar-refractivity contribution < 1.29 is 27.9 Å². The van der Waals surface area contributed by atoms with E-state index < -0.39 is 24.5 Å². The molecule has 0 bridgehead atoms. The van der Waals surface area contributed by atoms with Crippen LogP contribution in [0, 0.1) is 0 Å². The number of aryl methyl sites for hydroxylation is 1. The Morgan fingerprint density at radius 1 is 1.15 bits per heavy atom. The summed E-state index contributed by atoms with van der Waals surface area (Å²) < 4.78 is 36.1. The van der Waals surface area contributed by atoms with E-state index in [0.717, 1.165) is 0 Å². The molecule has 0 saturated heterocycles. The minimum atomic E-state index is -4.20. The Balaban J connectivity index is 2.49. The molecule has 0 aliphatic rings. The Kier molecular flexibility index (Phi) is 5.54. The van der Waals surface area contributed by atoms with E-state index in [1.165, 1.54) is 24.3 Å². The first-order valence-electron chi connectivity index (χ1n) is 5.93. The third kappa shape index (κ3) is 6.21. The number of benzene rings is 1. The fourth-order valence-corrected chi connectivity index (χ4v) is 1.49. The number of alkyl halides is 3. The van der Waals surface area contributed by atoms with Gasteiger partial charge in [0, 0.05) is 18.5 Å². The van der Waals surface area contributed by atoms with Crippen molar-refractivity contribution in [1.82, 2.24) is 5.32 Å². The van der Waals surface area contributed by atoms with Crippen LogP contribution in [0.3, 0.4) is 0 Å². The molecule has 1 amide bonds. The third-order valence-corrected chi connectivity index (χ3v) is 2.54. The predicted octanol–water partition coefficient (Wildman–Crippen LogP) is 2.39. The van der Waals surface area contributed by atoms with Gasteiger partial charge in [0.1, 0.15) is 0 Å². The standard InChI is InChI=1S/C13H14F3NO3/c14-13(15,16)7-5-9-1-3-10(4-2-9)12(20)17-8-6-11(18)19/h1-4H,5-8H2,(H,17,20)(H,18,19).